The molecule has 3 aliphatic rings. The van der Waals surface area contributed by atoms with Crippen LogP contribution in [0.4, 0.5) is 4.79 Å². The minimum Gasteiger partial charge on any atom is -0.466 e. The van der Waals surface area contributed by atoms with Gasteiger partial charge in [-0.05, 0) is 63.3 Å². The average Bonchev–Trinajstić information content (AvgIpc) is 2.86. The smallest absolute Gasteiger partial charge is 0.326 e. The van der Waals surface area contributed by atoms with E-state index in [-0.39, 0.29) is 35.9 Å². The Labute approximate surface area is 168 Å². The highest BCUT2D eigenvalue weighted by Gasteiger charge is 2.53. The summed E-state index contributed by atoms with van der Waals surface area (Å²) in [5.41, 5.74) is -0.502. The lowest BCUT2D eigenvalue weighted by Gasteiger charge is -2.40. The number of piperidine rings is 1. The molecule has 0 radical (unpaired) electrons. The molecule has 1 atom stereocenters. The fourth-order valence-corrected chi connectivity index (χ4v) is 4.96. The van der Waals surface area contributed by atoms with Crippen molar-refractivity contribution in [2.24, 2.45) is 17.3 Å². The van der Waals surface area contributed by atoms with Gasteiger partial charge in [-0.2, -0.15) is 0 Å². The summed E-state index contributed by atoms with van der Waals surface area (Å²) in [7, 11) is 0. The van der Waals surface area contributed by atoms with Gasteiger partial charge >= 0.3 is 12.0 Å². The number of carbonyl (C=O) groups is 3. The second kappa shape index (κ2) is 8.01. The van der Waals surface area contributed by atoms with E-state index in [2.05, 4.69) is 26.1 Å². The van der Waals surface area contributed by atoms with Gasteiger partial charge in [-0.15, -0.1) is 0 Å². The van der Waals surface area contributed by atoms with Gasteiger partial charge in [0.1, 0.15) is 5.54 Å². The van der Waals surface area contributed by atoms with Crippen molar-refractivity contribution in [2.75, 3.05) is 26.4 Å². The fourth-order valence-electron chi connectivity index (χ4n) is 4.96. The number of hydrogen-bond donors (Lipinski definition) is 1. The SMILES string of the molecule is CCOC(=O)[C@H]1CCCN(CN2C(=O)NC3(CCC(C(C)(C)C)CC3)C2=O)C1. The zero-order valence-corrected chi connectivity index (χ0v) is 17.8. The number of likely N-dealkylation sites (tertiary alicyclic amines) is 1. The second-order valence-corrected chi connectivity index (χ2v) is 9.70. The Morgan fingerprint density at radius 2 is 1.89 bits per heavy atom. The first-order valence-electron chi connectivity index (χ1n) is 10.7. The van der Waals surface area contributed by atoms with Crippen molar-refractivity contribution in [3.63, 3.8) is 0 Å². The monoisotopic (exact) mass is 393 g/mol. The fraction of sp³-hybridized carbons (Fsp3) is 0.857. The van der Waals surface area contributed by atoms with Crippen LogP contribution in [0.25, 0.3) is 0 Å². The summed E-state index contributed by atoms with van der Waals surface area (Å²) in [4.78, 5) is 41.2. The first kappa shape index (κ1) is 21.1. The van der Waals surface area contributed by atoms with Crippen molar-refractivity contribution in [3.8, 4) is 0 Å². The lowest BCUT2D eigenvalue weighted by molar-refractivity contribution is -0.150. The first-order valence-corrected chi connectivity index (χ1v) is 10.7. The minimum absolute atomic E-state index is 0.0943. The minimum atomic E-state index is -0.727. The molecule has 7 nitrogen and oxygen atoms in total. The molecule has 1 saturated carbocycles. The van der Waals surface area contributed by atoms with E-state index in [1.807, 2.05) is 4.90 Å². The van der Waals surface area contributed by atoms with Crippen molar-refractivity contribution < 1.29 is 19.1 Å². The van der Waals surface area contributed by atoms with Gasteiger partial charge in [0.2, 0.25) is 0 Å². The Morgan fingerprint density at radius 1 is 1.21 bits per heavy atom. The molecule has 1 aliphatic carbocycles. The molecule has 2 saturated heterocycles. The average molecular weight is 394 g/mol. The molecule has 28 heavy (non-hydrogen) atoms. The van der Waals surface area contributed by atoms with Crippen LogP contribution in [0.5, 0.6) is 0 Å². The maximum atomic E-state index is 13.2. The lowest BCUT2D eigenvalue weighted by Crippen LogP contribution is -2.51. The number of nitrogens with zero attached hydrogens (tertiary/aromatic N) is 2. The van der Waals surface area contributed by atoms with Crippen LogP contribution < -0.4 is 5.32 Å². The quantitative estimate of drug-likeness (QED) is 0.587. The van der Waals surface area contributed by atoms with Gasteiger partial charge in [0.15, 0.2) is 0 Å². The van der Waals surface area contributed by atoms with E-state index in [0.29, 0.717) is 31.9 Å². The number of ether oxygens (including phenoxy) is 1. The molecule has 0 bridgehead atoms. The number of carbonyl (C=O) groups excluding carboxylic acids is 3. The molecular weight excluding hydrogens is 358 g/mol. The molecule has 2 heterocycles. The second-order valence-electron chi connectivity index (χ2n) is 9.70. The Kier molecular flexibility index (Phi) is 6.03. The first-order chi connectivity index (χ1) is 13.2. The zero-order chi connectivity index (χ0) is 20.5. The summed E-state index contributed by atoms with van der Waals surface area (Å²) in [6.07, 6.45) is 5.00. The van der Waals surface area contributed by atoms with Gasteiger partial charge in [0, 0.05) is 6.54 Å². The van der Waals surface area contributed by atoms with E-state index in [1.54, 1.807) is 6.92 Å². The summed E-state index contributed by atoms with van der Waals surface area (Å²) in [6.45, 7) is 10.5. The highest BCUT2D eigenvalue weighted by molar-refractivity contribution is 6.07. The molecule has 3 rings (SSSR count). The van der Waals surface area contributed by atoms with E-state index >= 15 is 0 Å². The number of amides is 3. The standard InChI is InChI=1S/C21H35N3O4/c1-5-28-17(25)15-7-6-12-23(13-15)14-24-18(26)21(22-19(24)27)10-8-16(9-11-21)20(2,3)4/h15-16H,5-14H2,1-4H3,(H,22,27)/t15-,16?,21?/m0/s1. The number of nitrogens with one attached hydrogen (secondary N) is 1. The van der Waals surface area contributed by atoms with Crippen molar-refractivity contribution >= 4 is 17.9 Å². The Bertz CT molecular complexity index is 620. The Hall–Kier alpha value is -1.63. The van der Waals surface area contributed by atoms with E-state index in [4.69, 9.17) is 4.74 Å². The predicted molar refractivity (Wildman–Crippen MR) is 105 cm³/mol. The van der Waals surface area contributed by atoms with Gasteiger partial charge < -0.3 is 10.1 Å². The number of imide groups is 1. The van der Waals surface area contributed by atoms with Gasteiger partial charge in [0.05, 0.1) is 19.2 Å². The number of urea groups is 1. The maximum absolute atomic E-state index is 13.2. The van der Waals surface area contributed by atoms with Gasteiger partial charge in [-0.25, -0.2) is 9.69 Å². The predicted octanol–water partition coefficient (Wildman–Crippen LogP) is 2.75. The Balaban J connectivity index is 1.61. The van der Waals surface area contributed by atoms with E-state index < -0.39 is 5.54 Å². The van der Waals surface area contributed by atoms with Crippen LogP contribution in [0.15, 0.2) is 0 Å². The molecule has 0 unspecified atom stereocenters. The summed E-state index contributed by atoms with van der Waals surface area (Å²) >= 11 is 0. The molecule has 0 aromatic carbocycles. The largest absolute Gasteiger partial charge is 0.466 e. The molecule has 1 N–H and O–H groups in total. The molecule has 3 amide bonds. The molecule has 3 fully saturated rings. The van der Waals surface area contributed by atoms with Crippen LogP contribution >= 0.6 is 0 Å². The van der Waals surface area contributed by atoms with Crippen LogP contribution in [0, 0.1) is 17.3 Å². The normalized spacial score (nSPS) is 31.9. The maximum Gasteiger partial charge on any atom is 0.326 e. The number of hydrogen-bond acceptors (Lipinski definition) is 5. The molecule has 158 valence electrons. The molecular formula is C21H35N3O4. The number of esters is 1. The van der Waals surface area contributed by atoms with Gasteiger partial charge in [-0.3, -0.25) is 14.5 Å². The third-order valence-corrected chi connectivity index (χ3v) is 6.78. The topological polar surface area (TPSA) is 79.0 Å². The van der Waals surface area contributed by atoms with E-state index in [9.17, 15) is 14.4 Å². The van der Waals surface area contributed by atoms with E-state index in [0.717, 1.165) is 32.2 Å². The van der Waals surface area contributed by atoms with Crippen LogP contribution in [-0.2, 0) is 14.3 Å². The van der Waals surface area contributed by atoms with Crippen molar-refractivity contribution in [2.45, 2.75) is 71.8 Å². The molecule has 2 aliphatic heterocycles. The summed E-state index contributed by atoms with van der Waals surface area (Å²) in [6, 6.07) is -0.294. The zero-order valence-electron chi connectivity index (χ0n) is 17.8. The third kappa shape index (κ3) is 4.19. The van der Waals surface area contributed by atoms with Crippen LogP contribution in [0.3, 0.4) is 0 Å². The van der Waals surface area contributed by atoms with Crippen molar-refractivity contribution in [1.29, 1.82) is 0 Å². The highest BCUT2D eigenvalue weighted by atomic mass is 16.5. The van der Waals surface area contributed by atoms with Crippen LogP contribution in [0.1, 0.15) is 66.2 Å². The van der Waals surface area contributed by atoms with Crippen LogP contribution in [-0.4, -0.2) is 59.6 Å². The van der Waals surface area contributed by atoms with E-state index in [1.165, 1.54) is 4.90 Å². The molecule has 1 spiro atoms. The van der Waals surface area contributed by atoms with Gasteiger partial charge in [-0.1, -0.05) is 20.8 Å². The van der Waals surface area contributed by atoms with Gasteiger partial charge in [0.25, 0.3) is 5.91 Å². The van der Waals surface area contributed by atoms with Crippen molar-refractivity contribution in [3.05, 3.63) is 0 Å². The van der Waals surface area contributed by atoms with Crippen molar-refractivity contribution in [1.82, 2.24) is 15.1 Å². The lowest BCUT2D eigenvalue weighted by atomic mass is 9.67. The summed E-state index contributed by atoms with van der Waals surface area (Å²) in [5.74, 6) is 0.124. The molecule has 0 aromatic heterocycles. The number of rotatable bonds is 4. The van der Waals surface area contributed by atoms with Crippen LogP contribution in [0.2, 0.25) is 0 Å². The Morgan fingerprint density at radius 3 is 2.50 bits per heavy atom. The highest BCUT2D eigenvalue weighted by Crippen LogP contribution is 2.43. The molecule has 0 aromatic rings. The summed E-state index contributed by atoms with van der Waals surface area (Å²) in [5, 5.41) is 3.00. The third-order valence-electron chi connectivity index (χ3n) is 6.78. The molecule has 7 heteroatoms. The summed E-state index contributed by atoms with van der Waals surface area (Å²) < 4.78 is 5.14.